The van der Waals surface area contributed by atoms with Crippen LogP contribution in [0.15, 0.2) is 67.4 Å². The number of fused-ring (bicyclic) bond motifs is 2. The Balaban J connectivity index is 1.25. The van der Waals surface area contributed by atoms with Crippen molar-refractivity contribution in [3.8, 4) is 11.1 Å². The van der Waals surface area contributed by atoms with Crippen LogP contribution in [0.4, 0.5) is 15.4 Å². The molecule has 13 nitrogen and oxygen atoms in total. The van der Waals surface area contributed by atoms with E-state index in [0.717, 1.165) is 22.1 Å². The summed E-state index contributed by atoms with van der Waals surface area (Å²) in [7, 11) is 0. The van der Waals surface area contributed by atoms with E-state index in [-0.39, 0.29) is 30.3 Å². The summed E-state index contributed by atoms with van der Waals surface area (Å²) in [6.45, 7) is 16.6. The Kier molecular flexibility index (Phi) is 11.2. The van der Waals surface area contributed by atoms with Crippen LogP contribution in [0.1, 0.15) is 79.8 Å². The molecular weight excluding hydrogens is 686 g/mol. The van der Waals surface area contributed by atoms with Crippen LogP contribution in [0, 0.1) is 5.92 Å². The highest BCUT2D eigenvalue weighted by atomic mass is 16.8. The van der Waals surface area contributed by atoms with Crippen molar-refractivity contribution in [2.45, 2.75) is 110 Å². The maximum atomic E-state index is 13.9. The smallest absolute Gasteiger partial charge is 0.410 e. The number of anilines is 1. The van der Waals surface area contributed by atoms with Gasteiger partial charge in [0, 0.05) is 56.3 Å². The number of pyridine rings is 1. The number of nitrogen functional groups attached to an aromatic ring is 1. The molecule has 0 radical (unpaired) electrons. The van der Waals surface area contributed by atoms with Gasteiger partial charge in [0.25, 0.3) is 0 Å². The largest absolute Gasteiger partial charge is 0.444 e. The lowest BCUT2D eigenvalue weighted by Crippen LogP contribution is -2.44. The number of ether oxygens (including phenoxy) is 4. The number of hydrogen-bond donors (Lipinski definition) is 1. The molecule has 2 amide bonds. The summed E-state index contributed by atoms with van der Waals surface area (Å²) < 4.78 is 27.1. The molecule has 6 rings (SSSR count). The fraction of sp³-hybridized carbons (Fsp3) is 0.537. The van der Waals surface area contributed by atoms with Crippen molar-refractivity contribution < 1.29 is 28.5 Å². The first-order valence-corrected chi connectivity index (χ1v) is 18.8. The number of nitrogens with zero attached hydrogens (tertiary/aromatic N) is 6. The molecule has 0 bridgehead atoms. The zero-order valence-electron chi connectivity index (χ0n) is 32.8. The topological polar surface area (TPSA) is 147 Å². The van der Waals surface area contributed by atoms with E-state index in [4.69, 9.17) is 29.7 Å². The third kappa shape index (κ3) is 9.30. The number of benzene rings is 1. The van der Waals surface area contributed by atoms with Crippen molar-refractivity contribution in [1.82, 2.24) is 29.3 Å². The molecule has 290 valence electrons. The van der Waals surface area contributed by atoms with Crippen molar-refractivity contribution in [3.63, 3.8) is 0 Å². The van der Waals surface area contributed by atoms with Gasteiger partial charge in [-0.05, 0) is 97.9 Å². The van der Waals surface area contributed by atoms with E-state index in [2.05, 4.69) is 20.7 Å². The molecule has 1 aliphatic carbocycles. The summed E-state index contributed by atoms with van der Waals surface area (Å²) in [6.07, 6.45) is 7.48. The number of nitrogens with two attached hydrogens (primary N) is 1. The minimum atomic E-state index is -0.833. The molecule has 1 saturated carbocycles. The predicted molar refractivity (Wildman–Crippen MR) is 207 cm³/mol. The number of aromatic nitrogens is 4. The SMILES string of the molecule is CC(C)(C)OC(=O)N(CCCN(C[C@H]1C[C@@H](n2cc(-c3ccncc3)c3c(N)ncnc32)[C@@H]2OC(C)(C)O[C@H]12)C(=O)OC(C)(C)C)CCc1ccccc1. The number of carbonyl (C=O) groups is 2. The fourth-order valence-electron chi connectivity index (χ4n) is 7.47. The molecule has 2 N–H and O–H groups in total. The van der Waals surface area contributed by atoms with Gasteiger partial charge in [0.1, 0.15) is 35.1 Å². The van der Waals surface area contributed by atoms with Gasteiger partial charge in [0.2, 0.25) is 0 Å². The molecule has 4 aromatic rings. The highest BCUT2D eigenvalue weighted by molar-refractivity contribution is 6.00. The fourth-order valence-corrected chi connectivity index (χ4v) is 7.47. The average Bonchev–Trinajstić information content (AvgIpc) is 3.74. The first-order valence-electron chi connectivity index (χ1n) is 18.8. The van der Waals surface area contributed by atoms with Crippen molar-refractivity contribution in [2.75, 3.05) is 31.9 Å². The molecule has 2 aliphatic rings. The summed E-state index contributed by atoms with van der Waals surface area (Å²) in [5.41, 5.74) is 8.82. The standard InChI is InChI=1S/C41H55N7O6/c1-39(2,3)53-37(49)46(22-17-27-13-10-9-11-14-27)20-12-21-47(38(50)54-40(4,5)6)24-29-23-31(34-33(29)51-41(7,8)52-34)48-25-30(28-15-18-43-19-16-28)32-35(42)44-26-45-36(32)48/h9-11,13-16,18-19,25-26,29,31,33-34H,12,17,20-24H2,1-8H3,(H2,42,44,45)/t29-,31-,33-,34+/m1/s1. The summed E-state index contributed by atoms with van der Waals surface area (Å²) >= 11 is 0. The van der Waals surface area contributed by atoms with E-state index < -0.39 is 23.1 Å². The molecule has 1 saturated heterocycles. The summed E-state index contributed by atoms with van der Waals surface area (Å²) in [5.74, 6) is -0.545. The second kappa shape index (κ2) is 15.5. The van der Waals surface area contributed by atoms with E-state index in [0.29, 0.717) is 56.9 Å². The van der Waals surface area contributed by atoms with Crippen molar-refractivity contribution in [2.24, 2.45) is 5.92 Å². The van der Waals surface area contributed by atoms with E-state index in [1.165, 1.54) is 6.33 Å². The van der Waals surface area contributed by atoms with E-state index in [1.807, 2.05) is 97.9 Å². The van der Waals surface area contributed by atoms with E-state index >= 15 is 0 Å². The van der Waals surface area contributed by atoms with Crippen LogP contribution >= 0.6 is 0 Å². The Morgan fingerprint density at radius 2 is 1.52 bits per heavy atom. The maximum Gasteiger partial charge on any atom is 0.410 e. The highest BCUT2D eigenvalue weighted by Crippen LogP contribution is 2.49. The zero-order valence-corrected chi connectivity index (χ0v) is 32.8. The molecule has 0 spiro atoms. The van der Waals surface area contributed by atoms with Crippen molar-refractivity contribution >= 4 is 29.0 Å². The van der Waals surface area contributed by atoms with E-state index in [9.17, 15) is 9.59 Å². The number of carbonyl (C=O) groups excluding carboxylic acids is 2. The third-order valence-electron chi connectivity index (χ3n) is 9.67. The molecule has 13 heteroatoms. The van der Waals surface area contributed by atoms with Gasteiger partial charge in [-0.1, -0.05) is 30.3 Å². The van der Waals surface area contributed by atoms with Crippen LogP contribution in [0.25, 0.3) is 22.2 Å². The van der Waals surface area contributed by atoms with E-state index in [1.54, 1.807) is 22.2 Å². The van der Waals surface area contributed by atoms with Crippen LogP contribution in [0.5, 0.6) is 0 Å². The summed E-state index contributed by atoms with van der Waals surface area (Å²) in [5, 5.41) is 0.763. The molecule has 2 fully saturated rings. The quantitative estimate of drug-likeness (QED) is 0.167. The molecule has 54 heavy (non-hydrogen) atoms. The third-order valence-corrected chi connectivity index (χ3v) is 9.67. The van der Waals surface area contributed by atoms with Gasteiger partial charge in [-0.15, -0.1) is 0 Å². The second-order valence-corrected chi connectivity index (χ2v) is 16.8. The predicted octanol–water partition coefficient (Wildman–Crippen LogP) is 7.26. The second-order valence-electron chi connectivity index (χ2n) is 16.8. The Morgan fingerprint density at radius 3 is 2.19 bits per heavy atom. The van der Waals surface area contributed by atoms with Gasteiger partial charge in [-0.25, -0.2) is 19.6 Å². The Labute approximate surface area is 318 Å². The van der Waals surface area contributed by atoms with Gasteiger partial charge < -0.3 is 39.0 Å². The summed E-state index contributed by atoms with van der Waals surface area (Å²) in [4.78, 5) is 43.9. The number of rotatable bonds is 11. The van der Waals surface area contributed by atoms with Crippen molar-refractivity contribution in [1.29, 1.82) is 0 Å². The van der Waals surface area contributed by atoms with Crippen LogP contribution in [-0.2, 0) is 25.4 Å². The van der Waals surface area contributed by atoms with Gasteiger partial charge in [-0.2, -0.15) is 0 Å². The van der Waals surface area contributed by atoms with Gasteiger partial charge in [0.15, 0.2) is 5.79 Å². The minimum Gasteiger partial charge on any atom is -0.444 e. The van der Waals surface area contributed by atoms with Crippen molar-refractivity contribution in [3.05, 3.63) is 72.9 Å². The lowest BCUT2D eigenvalue weighted by Gasteiger charge is -2.32. The maximum absolute atomic E-state index is 13.9. The first-order chi connectivity index (χ1) is 25.5. The lowest BCUT2D eigenvalue weighted by atomic mass is 10.0. The van der Waals surface area contributed by atoms with Crippen LogP contribution < -0.4 is 5.73 Å². The monoisotopic (exact) mass is 741 g/mol. The normalized spacial score (nSPS) is 20.8. The lowest BCUT2D eigenvalue weighted by molar-refractivity contribution is -0.160. The molecule has 0 unspecified atom stereocenters. The molecular formula is C41H55N7O6. The Bertz CT molecular complexity index is 1900. The van der Waals surface area contributed by atoms with Crippen LogP contribution in [-0.4, -0.2) is 96.9 Å². The minimum absolute atomic E-state index is 0.102. The first kappa shape index (κ1) is 39.0. The molecule has 4 atom stereocenters. The van der Waals surface area contributed by atoms with Crippen LogP contribution in [0.3, 0.4) is 0 Å². The van der Waals surface area contributed by atoms with Crippen LogP contribution in [0.2, 0.25) is 0 Å². The van der Waals surface area contributed by atoms with Gasteiger partial charge in [-0.3, -0.25) is 4.98 Å². The van der Waals surface area contributed by atoms with Gasteiger partial charge in [0.05, 0.1) is 17.5 Å². The average molecular weight is 742 g/mol. The molecule has 4 heterocycles. The Hall–Kier alpha value is -4.75. The zero-order chi connectivity index (χ0) is 38.8. The molecule has 3 aromatic heterocycles. The molecule has 1 aliphatic heterocycles. The highest BCUT2D eigenvalue weighted by Gasteiger charge is 2.55. The Morgan fingerprint density at radius 1 is 0.889 bits per heavy atom. The number of amides is 2. The van der Waals surface area contributed by atoms with Gasteiger partial charge >= 0.3 is 12.2 Å². The number of hydrogen-bond acceptors (Lipinski definition) is 10. The molecule has 1 aromatic carbocycles. The summed E-state index contributed by atoms with van der Waals surface area (Å²) in [6, 6.07) is 13.8.